The van der Waals surface area contributed by atoms with Crippen LogP contribution in [0.25, 0.3) is 0 Å². The Morgan fingerprint density at radius 3 is 2.44 bits per heavy atom. The van der Waals surface area contributed by atoms with Gasteiger partial charge in [-0.2, -0.15) is 0 Å². The van der Waals surface area contributed by atoms with Crippen LogP contribution in [0.3, 0.4) is 0 Å². The molecule has 0 aliphatic rings. The number of aryl methyl sites for hydroxylation is 1. The van der Waals surface area contributed by atoms with Crippen LogP contribution in [0.15, 0.2) is 17.0 Å². The van der Waals surface area contributed by atoms with E-state index in [0.29, 0.717) is 30.9 Å². The van der Waals surface area contributed by atoms with Crippen LogP contribution in [-0.4, -0.2) is 26.8 Å². The molecule has 0 saturated heterocycles. The van der Waals surface area contributed by atoms with Crippen molar-refractivity contribution in [3.05, 3.63) is 17.7 Å². The molecule has 0 bridgehead atoms. The third kappa shape index (κ3) is 3.84. The quantitative estimate of drug-likeness (QED) is 0.637. The molecule has 0 saturated carbocycles. The van der Waals surface area contributed by atoms with Crippen molar-refractivity contribution in [2.75, 3.05) is 20.8 Å². The number of ether oxygens (including phenoxy) is 3. The fourth-order valence-corrected chi connectivity index (χ4v) is 1.92. The van der Waals surface area contributed by atoms with E-state index < -0.39 is 0 Å². The Balaban J connectivity index is 2.81. The lowest BCUT2D eigenvalue weighted by Crippen LogP contribution is -2.06. The van der Waals surface area contributed by atoms with Crippen molar-refractivity contribution in [1.29, 1.82) is 0 Å². The molecule has 1 aromatic carbocycles. The zero-order valence-electron chi connectivity index (χ0n) is 10.9. The van der Waals surface area contributed by atoms with E-state index in [1.54, 1.807) is 27.2 Å². The number of methoxy groups -OCH3 is 2. The Bertz CT molecular complexity index is 418. The summed E-state index contributed by atoms with van der Waals surface area (Å²) in [5, 5.41) is 0. The van der Waals surface area contributed by atoms with Gasteiger partial charge in [-0.15, -0.1) is 12.6 Å². The van der Waals surface area contributed by atoms with Gasteiger partial charge in [0.2, 0.25) is 0 Å². The molecule has 0 atom stereocenters. The Morgan fingerprint density at radius 2 is 1.89 bits per heavy atom. The molecule has 100 valence electrons. The van der Waals surface area contributed by atoms with Gasteiger partial charge in [-0.1, -0.05) is 0 Å². The van der Waals surface area contributed by atoms with E-state index in [-0.39, 0.29) is 5.97 Å². The molecule has 1 rings (SSSR count). The van der Waals surface area contributed by atoms with Crippen molar-refractivity contribution in [2.24, 2.45) is 0 Å². The van der Waals surface area contributed by atoms with Crippen LogP contribution in [-0.2, 0) is 16.0 Å². The van der Waals surface area contributed by atoms with Gasteiger partial charge in [-0.05, 0) is 25.0 Å². The fraction of sp³-hybridized carbons (Fsp3) is 0.462. The first kappa shape index (κ1) is 14.7. The Hall–Kier alpha value is -1.36. The van der Waals surface area contributed by atoms with Gasteiger partial charge in [0.05, 0.1) is 20.8 Å². The molecule has 0 unspecified atom stereocenters. The topological polar surface area (TPSA) is 44.8 Å². The molecule has 18 heavy (non-hydrogen) atoms. The van der Waals surface area contributed by atoms with Gasteiger partial charge >= 0.3 is 5.97 Å². The van der Waals surface area contributed by atoms with E-state index >= 15 is 0 Å². The van der Waals surface area contributed by atoms with Gasteiger partial charge in [0.25, 0.3) is 0 Å². The normalized spacial score (nSPS) is 10.0. The van der Waals surface area contributed by atoms with Crippen molar-refractivity contribution in [3.63, 3.8) is 0 Å². The number of carbonyl (C=O) groups excluding carboxylic acids is 1. The molecule has 0 spiro atoms. The maximum absolute atomic E-state index is 11.3. The molecule has 0 aliphatic carbocycles. The number of thiol groups is 1. The maximum Gasteiger partial charge on any atom is 0.306 e. The van der Waals surface area contributed by atoms with Gasteiger partial charge < -0.3 is 14.2 Å². The minimum absolute atomic E-state index is 0.212. The molecule has 0 amide bonds. The summed E-state index contributed by atoms with van der Waals surface area (Å²) in [6, 6.07) is 3.61. The number of rotatable bonds is 6. The molecular weight excluding hydrogens is 252 g/mol. The highest BCUT2D eigenvalue weighted by Crippen LogP contribution is 2.32. The molecule has 5 heteroatoms. The number of esters is 1. The average Bonchev–Trinajstić information content (AvgIpc) is 2.36. The van der Waals surface area contributed by atoms with Crippen LogP contribution in [0.2, 0.25) is 0 Å². The number of benzene rings is 1. The summed E-state index contributed by atoms with van der Waals surface area (Å²) in [6.45, 7) is 2.19. The summed E-state index contributed by atoms with van der Waals surface area (Å²) in [4.78, 5) is 12.0. The fourth-order valence-electron chi connectivity index (χ4n) is 1.61. The van der Waals surface area contributed by atoms with Crippen LogP contribution in [0.4, 0.5) is 0 Å². The number of hydrogen-bond donors (Lipinski definition) is 1. The maximum atomic E-state index is 11.3. The summed E-state index contributed by atoms with van der Waals surface area (Å²) in [7, 11) is 3.16. The lowest BCUT2D eigenvalue weighted by molar-refractivity contribution is -0.143. The zero-order chi connectivity index (χ0) is 13.5. The lowest BCUT2D eigenvalue weighted by atomic mass is 10.1. The molecule has 0 radical (unpaired) electrons. The molecule has 0 fully saturated rings. The zero-order valence-corrected chi connectivity index (χ0v) is 11.8. The first-order valence-corrected chi connectivity index (χ1v) is 6.16. The first-order chi connectivity index (χ1) is 8.62. The van der Waals surface area contributed by atoms with E-state index in [2.05, 4.69) is 12.6 Å². The summed E-state index contributed by atoms with van der Waals surface area (Å²) < 4.78 is 15.3. The summed E-state index contributed by atoms with van der Waals surface area (Å²) >= 11 is 4.32. The average molecular weight is 270 g/mol. The predicted molar refractivity (Wildman–Crippen MR) is 71.8 cm³/mol. The van der Waals surface area contributed by atoms with Crippen molar-refractivity contribution in [1.82, 2.24) is 0 Å². The summed E-state index contributed by atoms with van der Waals surface area (Å²) in [5.41, 5.74) is 0.913. The third-order valence-corrected chi connectivity index (χ3v) is 2.84. The summed E-state index contributed by atoms with van der Waals surface area (Å²) in [5.74, 6) is 1.13. The number of carbonyl (C=O) groups is 1. The molecule has 0 aliphatic heterocycles. The second kappa shape index (κ2) is 7.16. The summed E-state index contributed by atoms with van der Waals surface area (Å²) in [6.07, 6.45) is 0.878. The molecule has 0 N–H and O–H groups in total. The molecular formula is C13H18O4S. The monoisotopic (exact) mass is 270 g/mol. The van der Waals surface area contributed by atoms with Gasteiger partial charge in [0.1, 0.15) is 11.5 Å². The molecule has 0 heterocycles. The van der Waals surface area contributed by atoms with E-state index in [0.717, 1.165) is 10.5 Å². The van der Waals surface area contributed by atoms with Gasteiger partial charge in [0.15, 0.2) is 0 Å². The largest absolute Gasteiger partial charge is 0.496 e. The minimum Gasteiger partial charge on any atom is -0.496 e. The predicted octanol–water partition coefficient (Wildman–Crippen LogP) is 2.49. The van der Waals surface area contributed by atoms with Crippen molar-refractivity contribution in [3.8, 4) is 11.5 Å². The van der Waals surface area contributed by atoms with Crippen molar-refractivity contribution < 1.29 is 19.0 Å². The third-order valence-electron chi connectivity index (χ3n) is 2.49. The highest BCUT2D eigenvalue weighted by molar-refractivity contribution is 7.80. The second-order valence-corrected chi connectivity index (χ2v) is 4.12. The second-order valence-electron chi connectivity index (χ2n) is 3.64. The standard InChI is InChI=1S/C13H18O4S/c1-4-17-13(14)6-5-9-7-12(18)11(16-3)8-10(9)15-2/h7-8,18H,4-6H2,1-3H3. The Morgan fingerprint density at radius 1 is 1.22 bits per heavy atom. The molecule has 0 aromatic heterocycles. The van der Waals surface area contributed by atoms with Crippen LogP contribution < -0.4 is 9.47 Å². The van der Waals surface area contributed by atoms with E-state index in [1.807, 2.05) is 6.07 Å². The highest BCUT2D eigenvalue weighted by atomic mass is 32.1. The number of hydrogen-bond acceptors (Lipinski definition) is 5. The van der Waals surface area contributed by atoms with Gasteiger partial charge in [-0.3, -0.25) is 4.79 Å². The van der Waals surface area contributed by atoms with E-state index in [1.165, 1.54) is 0 Å². The van der Waals surface area contributed by atoms with Crippen LogP contribution >= 0.6 is 12.6 Å². The Kier molecular flexibility index (Phi) is 5.85. The van der Waals surface area contributed by atoms with Crippen molar-refractivity contribution >= 4 is 18.6 Å². The van der Waals surface area contributed by atoms with E-state index in [9.17, 15) is 4.79 Å². The van der Waals surface area contributed by atoms with Crippen LogP contribution in [0.1, 0.15) is 18.9 Å². The SMILES string of the molecule is CCOC(=O)CCc1cc(S)c(OC)cc1OC. The highest BCUT2D eigenvalue weighted by Gasteiger charge is 2.11. The smallest absolute Gasteiger partial charge is 0.306 e. The molecule has 1 aromatic rings. The van der Waals surface area contributed by atoms with Gasteiger partial charge in [-0.25, -0.2) is 0 Å². The minimum atomic E-state index is -0.212. The van der Waals surface area contributed by atoms with Crippen LogP contribution in [0.5, 0.6) is 11.5 Å². The lowest BCUT2D eigenvalue weighted by Gasteiger charge is -2.12. The van der Waals surface area contributed by atoms with E-state index in [4.69, 9.17) is 14.2 Å². The molecule has 4 nitrogen and oxygen atoms in total. The Labute approximate surface area is 113 Å². The van der Waals surface area contributed by atoms with Crippen molar-refractivity contribution in [2.45, 2.75) is 24.7 Å². The first-order valence-electron chi connectivity index (χ1n) is 5.71. The van der Waals surface area contributed by atoms with Crippen LogP contribution in [0, 0.1) is 0 Å². The van der Waals surface area contributed by atoms with Gasteiger partial charge in [0, 0.05) is 17.4 Å².